The number of rotatable bonds is 6. The molecule has 0 radical (unpaired) electrons. The molecule has 4 nitrogen and oxygen atoms in total. The fraction of sp³-hybridized carbons (Fsp3) is 0.929. The number of nitrogens with one attached hydrogen (secondary N) is 1. The number of likely N-dealkylation sites (tertiary alicyclic amines) is 1. The Hall–Kier alpha value is -0.610. The molecule has 0 bridgehead atoms. The highest BCUT2D eigenvalue weighted by molar-refractivity contribution is 5.70. The monoisotopic (exact) mass is 254 g/mol. The fourth-order valence-corrected chi connectivity index (χ4v) is 3.36. The van der Waals surface area contributed by atoms with Crippen molar-refractivity contribution in [3.8, 4) is 0 Å². The first-order valence-corrected chi connectivity index (χ1v) is 7.39. The summed E-state index contributed by atoms with van der Waals surface area (Å²) in [6.45, 7) is 5.87. The average Bonchev–Trinajstić information content (AvgIpc) is 2.99. The van der Waals surface area contributed by atoms with Crippen molar-refractivity contribution in [3.05, 3.63) is 0 Å². The Morgan fingerprint density at radius 2 is 2.11 bits per heavy atom. The molecule has 1 heterocycles. The summed E-state index contributed by atoms with van der Waals surface area (Å²) in [5, 5.41) is 12.9. The number of carboxylic acid groups (broad SMARTS) is 1. The van der Waals surface area contributed by atoms with Gasteiger partial charge in [-0.25, -0.2) is 0 Å². The van der Waals surface area contributed by atoms with Gasteiger partial charge in [-0.1, -0.05) is 19.8 Å². The van der Waals surface area contributed by atoms with Crippen LogP contribution < -0.4 is 5.32 Å². The molecule has 4 heteroatoms. The Morgan fingerprint density at radius 1 is 1.39 bits per heavy atom. The zero-order valence-corrected chi connectivity index (χ0v) is 11.4. The zero-order chi connectivity index (χ0) is 13.0. The molecule has 104 valence electrons. The third-order valence-corrected chi connectivity index (χ3v) is 4.62. The van der Waals surface area contributed by atoms with Crippen LogP contribution >= 0.6 is 0 Å². The third kappa shape index (κ3) is 3.45. The van der Waals surface area contributed by atoms with Gasteiger partial charge in [0.2, 0.25) is 0 Å². The minimum absolute atomic E-state index is 0.206. The first-order chi connectivity index (χ1) is 8.70. The molecule has 0 amide bonds. The van der Waals surface area contributed by atoms with Crippen LogP contribution in [0.5, 0.6) is 0 Å². The normalized spacial score (nSPS) is 27.7. The van der Waals surface area contributed by atoms with E-state index >= 15 is 0 Å². The molecular formula is C14H26N2O2. The Morgan fingerprint density at radius 3 is 2.67 bits per heavy atom. The summed E-state index contributed by atoms with van der Waals surface area (Å²) >= 11 is 0. The van der Waals surface area contributed by atoms with E-state index in [1.807, 2.05) is 0 Å². The molecule has 2 unspecified atom stereocenters. The van der Waals surface area contributed by atoms with Gasteiger partial charge in [-0.2, -0.15) is 0 Å². The fourth-order valence-electron chi connectivity index (χ4n) is 3.36. The van der Waals surface area contributed by atoms with E-state index in [9.17, 15) is 9.90 Å². The summed E-state index contributed by atoms with van der Waals surface area (Å²) in [5.41, 5.74) is 0. The Bertz CT molecular complexity index is 277. The number of carbonyl (C=O) groups is 1. The third-order valence-electron chi connectivity index (χ3n) is 4.62. The van der Waals surface area contributed by atoms with Crippen LogP contribution in [-0.2, 0) is 4.79 Å². The molecular weight excluding hydrogens is 228 g/mol. The van der Waals surface area contributed by atoms with Gasteiger partial charge in [-0.3, -0.25) is 4.79 Å². The summed E-state index contributed by atoms with van der Waals surface area (Å²) in [6.07, 6.45) is 6.07. The van der Waals surface area contributed by atoms with Gasteiger partial charge in [0.1, 0.15) is 0 Å². The second-order valence-electron chi connectivity index (χ2n) is 5.78. The van der Waals surface area contributed by atoms with Crippen molar-refractivity contribution in [2.45, 2.75) is 45.1 Å². The summed E-state index contributed by atoms with van der Waals surface area (Å²) in [6, 6.07) is 0.565. The van der Waals surface area contributed by atoms with Crippen LogP contribution in [0.25, 0.3) is 0 Å². The molecule has 2 fully saturated rings. The highest BCUT2D eigenvalue weighted by Crippen LogP contribution is 2.25. The number of hydrogen-bond acceptors (Lipinski definition) is 3. The Balaban J connectivity index is 1.82. The van der Waals surface area contributed by atoms with E-state index in [0.29, 0.717) is 18.5 Å². The lowest BCUT2D eigenvalue weighted by atomic mass is 9.91. The Kier molecular flexibility index (Phi) is 5.01. The first-order valence-electron chi connectivity index (χ1n) is 7.39. The maximum absolute atomic E-state index is 11.4. The van der Waals surface area contributed by atoms with Gasteiger partial charge < -0.3 is 15.3 Å². The van der Waals surface area contributed by atoms with Gasteiger partial charge in [-0.05, 0) is 38.3 Å². The molecule has 2 aliphatic rings. The van der Waals surface area contributed by atoms with E-state index in [4.69, 9.17) is 0 Å². The van der Waals surface area contributed by atoms with Crippen LogP contribution in [0.3, 0.4) is 0 Å². The quantitative estimate of drug-likeness (QED) is 0.755. The molecule has 18 heavy (non-hydrogen) atoms. The smallest absolute Gasteiger partial charge is 0.308 e. The van der Waals surface area contributed by atoms with Crippen LogP contribution in [0.15, 0.2) is 0 Å². The van der Waals surface area contributed by atoms with E-state index in [1.165, 1.54) is 25.7 Å². The predicted molar refractivity (Wildman–Crippen MR) is 71.6 cm³/mol. The molecule has 0 aromatic heterocycles. The van der Waals surface area contributed by atoms with E-state index in [1.54, 1.807) is 0 Å². The number of carboxylic acids is 1. The summed E-state index contributed by atoms with van der Waals surface area (Å²) in [4.78, 5) is 13.8. The van der Waals surface area contributed by atoms with Crippen molar-refractivity contribution in [1.82, 2.24) is 10.2 Å². The predicted octanol–water partition coefficient (Wildman–Crippen LogP) is 1.56. The van der Waals surface area contributed by atoms with Crippen molar-refractivity contribution in [2.75, 3.05) is 26.2 Å². The van der Waals surface area contributed by atoms with Crippen molar-refractivity contribution in [2.24, 2.45) is 11.8 Å². The lowest BCUT2D eigenvalue weighted by Gasteiger charge is -2.22. The lowest BCUT2D eigenvalue weighted by molar-refractivity contribution is -0.143. The highest BCUT2D eigenvalue weighted by Gasteiger charge is 2.33. The van der Waals surface area contributed by atoms with Gasteiger partial charge >= 0.3 is 5.97 Å². The van der Waals surface area contributed by atoms with E-state index < -0.39 is 5.97 Å². The maximum Gasteiger partial charge on any atom is 0.308 e. The molecule has 2 N–H and O–H groups in total. The average molecular weight is 254 g/mol. The van der Waals surface area contributed by atoms with E-state index in [0.717, 1.165) is 26.1 Å². The minimum Gasteiger partial charge on any atom is -0.481 e. The standard InChI is InChI=1S/C14H26N2O2/c1-2-16-8-7-11(10-16)13(14(17)18)9-15-12-5-3-4-6-12/h11-13,15H,2-10H2,1H3,(H,17,18). The van der Waals surface area contributed by atoms with Crippen molar-refractivity contribution in [3.63, 3.8) is 0 Å². The molecule has 1 saturated heterocycles. The number of nitrogens with zero attached hydrogens (tertiary/aromatic N) is 1. The van der Waals surface area contributed by atoms with Crippen LogP contribution in [0.2, 0.25) is 0 Å². The second-order valence-corrected chi connectivity index (χ2v) is 5.78. The van der Waals surface area contributed by atoms with Crippen LogP contribution in [0, 0.1) is 11.8 Å². The highest BCUT2D eigenvalue weighted by atomic mass is 16.4. The SMILES string of the molecule is CCN1CCC(C(CNC2CCCC2)C(=O)O)C1. The summed E-state index contributed by atoms with van der Waals surface area (Å²) in [5.74, 6) is -0.498. The van der Waals surface area contributed by atoms with Gasteiger partial charge in [0.05, 0.1) is 5.92 Å². The largest absolute Gasteiger partial charge is 0.481 e. The van der Waals surface area contributed by atoms with Crippen molar-refractivity contribution in [1.29, 1.82) is 0 Å². The molecule has 1 aliphatic carbocycles. The number of hydrogen-bond donors (Lipinski definition) is 2. The minimum atomic E-state index is -0.622. The molecule has 2 rings (SSSR count). The lowest BCUT2D eigenvalue weighted by Crippen LogP contribution is -2.39. The van der Waals surface area contributed by atoms with Crippen molar-refractivity contribution >= 4 is 5.97 Å². The second kappa shape index (κ2) is 6.53. The van der Waals surface area contributed by atoms with E-state index in [2.05, 4.69) is 17.1 Å². The zero-order valence-electron chi connectivity index (χ0n) is 11.4. The molecule has 0 aromatic carbocycles. The van der Waals surface area contributed by atoms with Crippen molar-refractivity contribution < 1.29 is 9.90 Å². The van der Waals surface area contributed by atoms with Gasteiger partial charge in [-0.15, -0.1) is 0 Å². The Labute approximate surface area is 110 Å². The molecule has 1 aliphatic heterocycles. The molecule has 0 spiro atoms. The topological polar surface area (TPSA) is 52.6 Å². The number of aliphatic carboxylic acids is 1. The summed E-state index contributed by atoms with van der Waals surface area (Å²) in [7, 11) is 0. The van der Waals surface area contributed by atoms with Gasteiger partial charge in [0.15, 0.2) is 0 Å². The summed E-state index contributed by atoms with van der Waals surface area (Å²) < 4.78 is 0. The molecule has 0 aromatic rings. The van der Waals surface area contributed by atoms with Crippen LogP contribution in [-0.4, -0.2) is 48.2 Å². The van der Waals surface area contributed by atoms with Crippen LogP contribution in [0.1, 0.15) is 39.0 Å². The van der Waals surface area contributed by atoms with Crippen LogP contribution in [0.4, 0.5) is 0 Å². The van der Waals surface area contributed by atoms with E-state index in [-0.39, 0.29) is 5.92 Å². The molecule has 1 saturated carbocycles. The van der Waals surface area contributed by atoms with Gasteiger partial charge in [0.25, 0.3) is 0 Å². The molecule has 2 atom stereocenters. The maximum atomic E-state index is 11.4. The first kappa shape index (κ1) is 13.8. The van der Waals surface area contributed by atoms with Gasteiger partial charge in [0, 0.05) is 19.1 Å².